The lowest BCUT2D eigenvalue weighted by atomic mass is 10.2. The number of rotatable bonds is 3. The van der Waals surface area contributed by atoms with Crippen LogP contribution in [-0.2, 0) is 6.54 Å². The molecule has 0 saturated heterocycles. The Hall–Kier alpha value is -1.91. The van der Waals surface area contributed by atoms with E-state index in [0.717, 1.165) is 6.07 Å². The van der Waals surface area contributed by atoms with Crippen LogP contribution in [0.1, 0.15) is 11.5 Å². The van der Waals surface area contributed by atoms with Crippen LogP contribution in [0.25, 0.3) is 0 Å². The van der Waals surface area contributed by atoms with Crippen LogP contribution in [0.15, 0.2) is 28.7 Å². The van der Waals surface area contributed by atoms with Gasteiger partial charge in [-0.3, -0.25) is 0 Å². The second-order valence-corrected chi connectivity index (χ2v) is 3.62. The molecule has 1 aromatic carbocycles. The van der Waals surface area contributed by atoms with Crippen LogP contribution in [0.3, 0.4) is 0 Å². The molecule has 0 bridgehead atoms. The van der Waals surface area contributed by atoms with E-state index in [1.165, 1.54) is 0 Å². The highest BCUT2D eigenvalue weighted by molar-refractivity contribution is 5.45. The molecule has 5 heteroatoms. The SMILES string of the molecule is Cc1ccc(CNc2cc(F)cc(F)c2F)o1. The number of furan rings is 1. The fraction of sp³-hybridized carbons (Fsp3) is 0.167. The lowest BCUT2D eigenvalue weighted by Crippen LogP contribution is -2.02. The smallest absolute Gasteiger partial charge is 0.182 e. The molecular weight excluding hydrogens is 231 g/mol. The minimum absolute atomic E-state index is 0.160. The summed E-state index contributed by atoms with van der Waals surface area (Å²) >= 11 is 0. The highest BCUT2D eigenvalue weighted by atomic mass is 19.2. The molecule has 17 heavy (non-hydrogen) atoms. The summed E-state index contributed by atoms with van der Waals surface area (Å²) in [5, 5.41) is 2.58. The summed E-state index contributed by atoms with van der Waals surface area (Å²) in [5.74, 6) is -1.88. The third-order valence-electron chi connectivity index (χ3n) is 2.24. The van der Waals surface area contributed by atoms with E-state index in [0.29, 0.717) is 17.6 Å². The van der Waals surface area contributed by atoms with E-state index in [4.69, 9.17) is 4.42 Å². The van der Waals surface area contributed by atoms with Crippen molar-refractivity contribution in [3.63, 3.8) is 0 Å². The number of anilines is 1. The summed E-state index contributed by atoms with van der Waals surface area (Å²) in [6.07, 6.45) is 0. The van der Waals surface area contributed by atoms with E-state index in [1.807, 2.05) is 0 Å². The van der Waals surface area contributed by atoms with E-state index in [2.05, 4.69) is 5.32 Å². The molecule has 1 N–H and O–H groups in total. The van der Waals surface area contributed by atoms with E-state index in [1.54, 1.807) is 19.1 Å². The molecule has 0 amide bonds. The molecule has 2 aromatic rings. The number of benzene rings is 1. The third kappa shape index (κ3) is 2.61. The van der Waals surface area contributed by atoms with Gasteiger partial charge in [0.15, 0.2) is 11.6 Å². The van der Waals surface area contributed by atoms with Gasteiger partial charge in [-0.15, -0.1) is 0 Å². The summed E-state index contributed by atoms with van der Waals surface area (Å²) in [4.78, 5) is 0. The third-order valence-corrected chi connectivity index (χ3v) is 2.24. The minimum atomic E-state index is -1.22. The molecule has 90 valence electrons. The normalized spacial score (nSPS) is 10.6. The predicted molar refractivity (Wildman–Crippen MR) is 57.1 cm³/mol. The van der Waals surface area contributed by atoms with Gasteiger partial charge in [0, 0.05) is 12.1 Å². The Labute approximate surface area is 96.1 Å². The monoisotopic (exact) mass is 241 g/mol. The second-order valence-electron chi connectivity index (χ2n) is 3.62. The Morgan fingerprint density at radius 3 is 2.59 bits per heavy atom. The summed E-state index contributed by atoms with van der Waals surface area (Å²) in [6, 6.07) is 4.85. The molecule has 0 aliphatic rings. The van der Waals surface area contributed by atoms with Crippen LogP contribution in [0.4, 0.5) is 18.9 Å². The lowest BCUT2D eigenvalue weighted by Gasteiger charge is -2.06. The van der Waals surface area contributed by atoms with Gasteiger partial charge in [0.05, 0.1) is 12.2 Å². The number of aryl methyl sites for hydroxylation is 1. The predicted octanol–water partition coefficient (Wildman–Crippen LogP) is 3.62. The van der Waals surface area contributed by atoms with Gasteiger partial charge in [0.1, 0.15) is 17.3 Å². The lowest BCUT2D eigenvalue weighted by molar-refractivity contribution is 0.484. The van der Waals surface area contributed by atoms with Crippen molar-refractivity contribution in [3.8, 4) is 0 Å². The van der Waals surface area contributed by atoms with Gasteiger partial charge in [-0.2, -0.15) is 0 Å². The van der Waals surface area contributed by atoms with Crippen molar-refractivity contribution >= 4 is 5.69 Å². The first-order chi connectivity index (χ1) is 8.06. The Bertz CT molecular complexity index is 537. The van der Waals surface area contributed by atoms with Gasteiger partial charge < -0.3 is 9.73 Å². The first-order valence-corrected chi connectivity index (χ1v) is 5.00. The summed E-state index contributed by atoms with van der Waals surface area (Å²) in [6.45, 7) is 1.93. The minimum Gasteiger partial charge on any atom is -0.465 e. The number of halogens is 3. The van der Waals surface area contributed by atoms with Crippen LogP contribution >= 0.6 is 0 Å². The quantitative estimate of drug-likeness (QED) is 0.830. The molecule has 0 atom stereocenters. The molecule has 0 saturated carbocycles. The van der Waals surface area contributed by atoms with Crippen molar-refractivity contribution in [1.29, 1.82) is 0 Å². The maximum atomic E-state index is 13.3. The van der Waals surface area contributed by atoms with E-state index in [9.17, 15) is 13.2 Å². The molecule has 1 heterocycles. The van der Waals surface area contributed by atoms with E-state index < -0.39 is 17.5 Å². The van der Waals surface area contributed by atoms with Crippen molar-refractivity contribution < 1.29 is 17.6 Å². The summed E-state index contributed by atoms with van der Waals surface area (Å²) in [5.41, 5.74) is -0.225. The average molecular weight is 241 g/mol. The molecular formula is C12H10F3NO. The molecule has 2 nitrogen and oxygen atoms in total. The molecule has 0 aliphatic carbocycles. The Kier molecular flexibility index (Phi) is 3.08. The first kappa shape index (κ1) is 11.6. The molecule has 0 spiro atoms. The first-order valence-electron chi connectivity index (χ1n) is 5.00. The van der Waals surface area contributed by atoms with Gasteiger partial charge in [-0.05, 0) is 19.1 Å². The zero-order valence-corrected chi connectivity index (χ0v) is 9.06. The maximum absolute atomic E-state index is 13.3. The van der Waals surface area contributed by atoms with Crippen LogP contribution in [-0.4, -0.2) is 0 Å². The van der Waals surface area contributed by atoms with Crippen LogP contribution < -0.4 is 5.32 Å². The highest BCUT2D eigenvalue weighted by Crippen LogP contribution is 2.20. The topological polar surface area (TPSA) is 25.2 Å². The highest BCUT2D eigenvalue weighted by Gasteiger charge is 2.11. The van der Waals surface area contributed by atoms with Crippen molar-refractivity contribution in [2.75, 3.05) is 5.32 Å². The van der Waals surface area contributed by atoms with Gasteiger partial charge >= 0.3 is 0 Å². The summed E-state index contributed by atoms with van der Waals surface area (Å²) in [7, 11) is 0. The Morgan fingerprint density at radius 1 is 1.18 bits per heavy atom. The fourth-order valence-electron chi connectivity index (χ4n) is 1.45. The van der Waals surface area contributed by atoms with Gasteiger partial charge in [0.2, 0.25) is 0 Å². The molecule has 0 unspecified atom stereocenters. The second kappa shape index (κ2) is 4.53. The molecule has 2 rings (SSSR count). The van der Waals surface area contributed by atoms with Crippen molar-refractivity contribution in [2.45, 2.75) is 13.5 Å². The van der Waals surface area contributed by atoms with Crippen LogP contribution in [0.5, 0.6) is 0 Å². The Morgan fingerprint density at radius 2 is 1.94 bits per heavy atom. The van der Waals surface area contributed by atoms with Crippen LogP contribution in [0, 0.1) is 24.4 Å². The number of hydrogen-bond donors (Lipinski definition) is 1. The van der Waals surface area contributed by atoms with E-state index >= 15 is 0 Å². The standard InChI is InChI=1S/C12H10F3NO/c1-7-2-3-9(17-7)6-16-11-5-8(13)4-10(14)12(11)15/h2-5,16H,6H2,1H3. The summed E-state index contributed by atoms with van der Waals surface area (Å²) < 4.78 is 44.2. The van der Waals surface area contributed by atoms with Gasteiger partial charge in [-0.1, -0.05) is 0 Å². The average Bonchev–Trinajstić information content (AvgIpc) is 2.67. The maximum Gasteiger partial charge on any atom is 0.182 e. The van der Waals surface area contributed by atoms with Crippen LogP contribution in [0.2, 0.25) is 0 Å². The fourth-order valence-corrected chi connectivity index (χ4v) is 1.45. The molecule has 0 radical (unpaired) electrons. The Balaban J connectivity index is 2.14. The van der Waals surface area contributed by atoms with Crippen molar-refractivity contribution in [3.05, 3.63) is 53.2 Å². The molecule has 0 aliphatic heterocycles. The number of hydrogen-bond acceptors (Lipinski definition) is 2. The zero-order valence-electron chi connectivity index (χ0n) is 9.06. The molecule has 1 aromatic heterocycles. The van der Waals surface area contributed by atoms with Crippen molar-refractivity contribution in [1.82, 2.24) is 0 Å². The van der Waals surface area contributed by atoms with Gasteiger partial charge in [0.25, 0.3) is 0 Å². The number of nitrogens with one attached hydrogen (secondary N) is 1. The zero-order chi connectivity index (χ0) is 12.4. The molecule has 0 fully saturated rings. The van der Waals surface area contributed by atoms with E-state index in [-0.39, 0.29) is 12.2 Å². The van der Waals surface area contributed by atoms with Gasteiger partial charge in [-0.25, -0.2) is 13.2 Å². The van der Waals surface area contributed by atoms with Crippen molar-refractivity contribution in [2.24, 2.45) is 0 Å². The largest absolute Gasteiger partial charge is 0.465 e.